The van der Waals surface area contributed by atoms with Gasteiger partial charge in [-0.25, -0.2) is 0 Å². The van der Waals surface area contributed by atoms with Crippen LogP contribution in [0.25, 0.3) is 0 Å². The van der Waals surface area contributed by atoms with Crippen molar-refractivity contribution in [2.24, 2.45) is 11.5 Å². The summed E-state index contributed by atoms with van der Waals surface area (Å²) in [4.78, 5) is 15.6. The Morgan fingerprint density at radius 2 is 1.67 bits per heavy atom. The van der Waals surface area contributed by atoms with Gasteiger partial charge in [-0.05, 0) is 49.2 Å². The molecule has 33 heavy (non-hydrogen) atoms. The number of rotatable bonds is 7. The van der Waals surface area contributed by atoms with Gasteiger partial charge in [-0.15, -0.1) is 0 Å². The molecule has 0 unspecified atom stereocenters. The number of nitrogens with zero attached hydrogens (tertiary/aromatic N) is 1. The van der Waals surface area contributed by atoms with Crippen molar-refractivity contribution < 1.29 is 9.53 Å². The number of carbonyl (C=O) groups excluding carboxylic acids is 1. The van der Waals surface area contributed by atoms with E-state index in [2.05, 4.69) is 10.2 Å². The van der Waals surface area contributed by atoms with E-state index in [1.807, 2.05) is 12.1 Å². The third kappa shape index (κ3) is 5.51. The molecule has 1 amide bonds. The van der Waals surface area contributed by atoms with E-state index in [-0.39, 0.29) is 29.7 Å². The minimum atomic E-state index is -0.276. The van der Waals surface area contributed by atoms with Gasteiger partial charge >= 0.3 is 0 Å². The summed E-state index contributed by atoms with van der Waals surface area (Å²) in [5.41, 5.74) is 13.1. The molecule has 1 saturated heterocycles. The highest BCUT2D eigenvalue weighted by molar-refractivity contribution is 5.97. The molecule has 0 radical (unpaired) electrons. The van der Waals surface area contributed by atoms with Gasteiger partial charge in [0.05, 0.1) is 6.04 Å². The highest BCUT2D eigenvalue weighted by Gasteiger charge is 2.41. The molecule has 0 bridgehead atoms. The lowest BCUT2D eigenvalue weighted by molar-refractivity contribution is -0.121. The zero-order valence-corrected chi connectivity index (χ0v) is 18.7. The average molecular weight is 449 g/mol. The van der Waals surface area contributed by atoms with Gasteiger partial charge in [0.1, 0.15) is 23.5 Å². The summed E-state index contributed by atoms with van der Waals surface area (Å²) in [6.07, 6.45) is 6.31. The van der Waals surface area contributed by atoms with Crippen LogP contribution in [0, 0.1) is 10.8 Å². The van der Waals surface area contributed by atoms with Crippen LogP contribution in [0.5, 0.6) is 5.75 Å². The fourth-order valence-corrected chi connectivity index (χ4v) is 4.87. The number of anilines is 1. The van der Waals surface area contributed by atoms with Crippen LogP contribution in [0.3, 0.4) is 0 Å². The summed E-state index contributed by atoms with van der Waals surface area (Å²) >= 11 is 0. The number of benzene rings is 2. The predicted octanol–water partition coefficient (Wildman–Crippen LogP) is 3.05. The van der Waals surface area contributed by atoms with Crippen LogP contribution in [0.15, 0.2) is 48.5 Å². The summed E-state index contributed by atoms with van der Waals surface area (Å²) in [7, 11) is 0. The molecule has 2 atom stereocenters. The molecule has 2 aromatic carbocycles. The first-order chi connectivity index (χ1) is 15.9. The summed E-state index contributed by atoms with van der Waals surface area (Å²) in [6.45, 7) is 0.691. The number of nitrogens with one attached hydrogen (secondary N) is 3. The molecule has 1 saturated carbocycles. The molecule has 2 aliphatic rings. The number of carbonyl (C=O) groups is 1. The van der Waals surface area contributed by atoms with Crippen LogP contribution in [0.2, 0.25) is 0 Å². The second-order valence-electron chi connectivity index (χ2n) is 8.90. The molecule has 7 N–H and O–H groups in total. The molecule has 174 valence electrons. The van der Waals surface area contributed by atoms with E-state index in [1.54, 1.807) is 36.4 Å². The van der Waals surface area contributed by atoms with Crippen LogP contribution in [0.4, 0.5) is 5.69 Å². The quantitative estimate of drug-likeness (QED) is 0.327. The normalized spacial score (nSPS) is 21.5. The van der Waals surface area contributed by atoms with Gasteiger partial charge in [0, 0.05) is 35.8 Å². The Kier molecular flexibility index (Phi) is 6.93. The standard InChI is InChI=1S/C25H32N6O2/c26-23(27)16-9-11-18(12-10-16)30-25(32)22-14-21(15-31(22)19-6-2-1-3-7-19)33-20-8-4-5-17(13-20)24(28)29/h4-5,8-13,19,21-22H,1-3,6-7,14-15H2,(H3,26,27)(H3,28,29)(H,30,32)/t21-,22+/m1/s1. The van der Waals surface area contributed by atoms with Crippen LogP contribution in [-0.2, 0) is 4.79 Å². The van der Waals surface area contributed by atoms with Crippen LogP contribution >= 0.6 is 0 Å². The molecule has 8 nitrogen and oxygen atoms in total. The third-order valence-electron chi connectivity index (χ3n) is 6.56. The summed E-state index contributed by atoms with van der Waals surface area (Å²) in [5.74, 6) is 0.627. The summed E-state index contributed by atoms with van der Waals surface area (Å²) in [6, 6.07) is 14.4. The minimum Gasteiger partial charge on any atom is -0.489 e. The monoisotopic (exact) mass is 448 g/mol. The van der Waals surface area contributed by atoms with Crippen molar-refractivity contribution in [3.8, 4) is 5.75 Å². The number of hydrogen-bond acceptors (Lipinski definition) is 5. The van der Waals surface area contributed by atoms with E-state index in [9.17, 15) is 4.79 Å². The minimum absolute atomic E-state index is 0.000904. The van der Waals surface area contributed by atoms with Crippen molar-refractivity contribution in [1.29, 1.82) is 10.8 Å². The zero-order valence-electron chi connectivity index (χ0n) is 18.7. The van der Waals surface area contributed by atoms with Crippen molar-refractivity contribution >= 4 is 23.3 Å². The van der Waals surface area contributed by atoms with Gasteiger partial charge < -0.3 is 21.5 Å². The fraction of sp³-hybridized carbons (Fsp3) is 0.400. The SMILES string of the molecule is N=C(N)c1ccc(NC(=O)[C@@H]2C[C@@H](Oc3cccc(C(=N)N)c3)CN2C2CCCCC2)cc1. The Morgan fingerprint density at radius 1 is 0.970 bits per heavy atom. The first-order valence-corrected chi connectivity index (χ1v) is 11.5. The maximum atomic E-state index is 13.3. The second kappa shape index (κ2) is 10.0. The number of ether oxygens (including phenoxy) is 1. The van der Waals surface area contributed by atoms with Gasteiger partial charge in [0.15, 0.2) is 0 Å². The van der Waals surface area contributed by atoms with Gasteiger partial charge in [0.2, 0.25) is 5.91 Å². The van der Waals surface area contributed by atoms with E-state index in [0.717, 1.165) is 12.8 Å². The predicted molar refractivity (Wildman–Crippen MR) is 130 cm³/mol. The molecule has 1 aliphatic carbocycles. The Bertz CT molecular complexity index is 1020. The molecule has 0 aromatic heterocycles. The van der Waals surface area contributed by atoms with Crippen molar-refractivity contribution in [2.45, 2.75) is 56.7 Å². The molecular formula is C25H32N6O2. The largest absolute Gasteiger partial charge is 0.489 e. The van der Waals surface area contributed by atoms with Crippen molar-refractivity contribution in [3.63, 3.8) is 0 Å². The lowest BCUT2D eigenvalue weighted by Crippen LogP contribution is -2.46. The van der Waals surface area contributed by atoms with Crippen molar-refractivity contribution in [1.82, 2.24) is 4.90 Å². The molecule has 2 aromatic rings. The summed E-state index contributed by atoms with van der Waals surface area (Å²) < 4.78 is 6.25. The molecular weight excluding hydrogens is 416 g/mol. The number of amidine groups is 2. The number of nitrogens with two attached hydrogens (primary N) is 2. The maximum absolute atomic E-state index is 13.3. The molecule has 1 aliphatic heterocycles. The van der Waals surface area contributed by atoms with Crippen LogP contribution in [-0.4, -0.2) is 47.2 Å². The molecule has 2 fully saturated rings. The van der Waals surface area contributed by atoms with Crippen molar-refractivity contribution in [2.75, 3.05) is 11.9 Å². The van der Waals surface area contributed by atoms with Gasteiger partial charge in [-0.2, -0.15) is 0 Å². The van der Waals surface area contributed by atoms with E-state index in [0.29, 0.717) is 41.6 Å². The molecule has 8 heteroatoms. The Morgan fingerprint density at radius 3 is 2.33 bits per heavy atom. The smallest absolute Gasteiger partial charge is 0.241 e. The van der Waals surface area contributed by atoms with E-state index < -0.39 is 0 Å². The first-order valence-electron chi connectivity index (χ1n) is 11.5. The summed E-state index contributed by atoms with van der Waals surface area (Å²) in [5, 5.41) is 18.2. The molecule has 0 spiro atoms. The average Bonchev–Trinajstić information content (AvgIpc) is 3.24. The maximum Gasteiger partial charge on any atom is 0.241 e. The lowest BCUT2D eigenvalue weighted by Gasteiger charge is -2.34. The zero-order chi connectivity index (χ0) is 23.4. The molecule has 4 rings (SSSR count). The van der Waals surface area contributed by atoms with Gasteiger partial charge in [-0.1, -0.05) is 31.4 Å². The number of hydrogen-bond donors (Lipinski definition) is 5. The Labute approximate surface area is 194 Å². The van der Waals surface area contributed by atoms with Gasteiger partial charge in [0.25, 0.3) is 0 Å². The topological polar surface area (TPSA) is 141 Å². The van der Waals surface area contributed by atoms with Crippen molar-refractivity contribution in [3.05, 3.63) is 59.7 Å². The fourth-order valence-electron chi connectivity index (χ4n) is 4.87. The van der Waals surface area contributed by atoms with E-state index in [1.165, 1.54) is 19.3 Å². The second-order valence-corrected chi connectivity index (χ2v) is 8.90. The van der Waals surface area contributed by atoms with Crippen LogP contribution < -0.4 is 21.5 Å². The van der Waals surface area contributed by atoms with E-state index in [4.69, 9.17) is 27.0 Å². The first kappa shape index (κ1) is 22.8. The highest BCUT2D eigenvalue weighted by atomic mass is 16.5. The van der Waals surface area contributed by atoms with Crippen LogP contribution in [0.1, 0.15) is 49.7 Å². The lowest BCUT2D eigenvalue weighted by atomic mass is 9.93. The Hall–Kier alpha value is -3.39. The number of nitrogen functional groups attached to an aromatic ring is 2. The molecule has 1 heterocycles. The Balaban J connectivity index is 1.48. The number of amides is 1. The number of likely N-dealkylation sites (tertiary alicyclic amines) is 1. The van der Waals surface area contributed by atoms with E-state index >= 15 is 0 Å². The third-order valence-corrected chi connectivity index (χ3v) is 6.56. The highest BCUT2D eigenvalue weighted by Crippen LogP contribution is 2.32. The van der Waals surface area contributed by atoms with Gasteiger partial charge in [-0.3, -0.25) is 20.5 Å².